The van der Waals surface area contributed by atoms with E-state index < -0.39 is 5.82 Å². The van der Waals surface area contributed by atoms with Crippen LogP contribution in [0.2, 0.25) is 0 Å². The molecule has 26 heavy (non-hydrogen) atoms. The highest BCUT2D eigenvalue weighted by molar-refractivity contribution is 5.94. The molecule has 2 rings (SSSR count). The minimum atomic E-state index is -0.408. The van der Waals surface area contributed by atoms with E-state index in [-0.39, 0.29) is 12.5 Å². The van der Waals surface area contributed by atoms with Crippen LogP contribution in [0, 0.1) is 5.82 Å². The van der Waals surface area contributed by atoms with E-state index in [0.29, 0.717) is 36.4 Å². The summed E-state index contributed by atoms with van der Waals surface area (Å²) in [5.41, 5.74) is 1.28. The third kappa shape index (κ3) is 6.19. The highest BCUT2D eigenvalue weighted by Crippen LogP contribution is 2.13. The predicted molar refractivity (Wildman–Crippen MR) is 98.4 cm³/mol. The third-order valence-corrected chi connectivity index (χ3v) is 3.43. The average Bonchev–Trinajstić information content (AvgIpc) is 3.07. The standard InChI is InChI=1S/C18H24FN5O2/c1-4-20-18(21-10-15-9-16(12(2)3)24-26-15)22-11-17(25)23-14-7-5-6-13(19)8-14/h5-9,12H,4,10-11H2,1-3H3,(H,23,25)(H2,20,21,22). The molecule has 0 aliphatic carbocycles. The van der Waals surface area contributed by atoms with Crippen LogP contribution in [0.4, 0.5) is 10.1 Å². The number of guanidine groups is 1. The van der Waals surface area contributed by atoms with Crippen molar-refractivity contribution in [1.29, 1.82) is 0 Å². The van der Waals surface area contributed by atoms with Crippen molar-refractivity contribution in [3.63, 3.8) is 0 Å². The van der Waals surface area contributed by atoms with Crippen molar-refractivity contribution in [3.05, 3.63) is 47.6 Å². The van der Waals surface area contributed by atoms with Gasteiger partial charge >= 0.3 is 0 Å². The zero-order valence-corrected chi connectivity index (χ0v) is 15.2. The van der Waals surface area contributed by atoms with Gasteiger partial charge in [-0.3, -0.25) is 4.79 Å². The Kier molecular flexibility index (Phi) is 7.13. The molecule has 0 fully saturated rings. The Morgan fingerprint density at radius 1 is 1.31 bits per heavy atom. The van der Waals surface area contributed by atoms with Crippen LogP contribution in [0.15, 0.2) is 39.8 Å². The Labute approximate surface area is 152 Å². The van der Waals surface area contributed by atoms with E-state index in [0.717, 1.165) is 5.69 Å². The zero-order valence-electron chi connectivity index (χ0n) is 15.2. The van der Waals surface area contributed by atoms with Crippen LogP contribution >= 0.6 is 0 Å². The van der Waals surface area contributed by atoms with Crippen LogP contribution in [-0.4, -0.2) is 30.1 Å². The molecule has 1 amide bonds. The summed E-state index contributed by atoms with van der Waals surface area (Å²) >= 11 is 0. The summed E-state index contributed by atoms with van der Waals surface area (Å²) in [4.78, 5) is 16.2. The van der Waals surface area contributed by atoms with Gasteiger partial charge in [-0.05, 0) is 31.0 Å². The van der Waals surface area contributed by atoms with Crippen molar-refractivity contribution in [3.8, 4) is 0 Å². The lowest BCUT2D eigenvalue weighted by Crippen LogP contribution is -2.37. The molecule has 0 spiro atoms. The second-order valence-corrected chi connectivity index (χ2v) is 5.98. The minimum absolute atomic E-state index is 0.0977. The van der Waals surface area contributed by atoms with Gasteiger partial charge in [0.25, 0.3) is 0 Å². The Hall–Kier alpha value is -2.90. The number of nitrogens with one attached hydrogen (secondary N) is 3. The van der Waals surface area contributed by atoms with Gasteiger partial charge < -0.3 is 20.5 Å². The quantitative estimate of drug-likeness (QED) is 0.521. The summed E-state index contributed by atoms with van der Waals surface area (Å²) in [6.45, 7) is 6.95. The Morgan fingerprint density at radius 3 is 2.77 bits per heavy atom. The van der Waals surface area contributed by atoms with Crippen LogP contribution in [0.5, 0.6) is 0 Å². The van der Waals surface area contributed by atoms with E-state index in [1.165, 1.54) is 18.2 Å². The molecular weight excluding hydrogens is 337 g/mol. The molecule has 0 radical (unpaired) electrons. The molecule has 1 aromatic heterocycles. The van der Waals surface area contributed by atoms with E-state index in [1.807, 2.05) is 26.8 Å². The largest absolute Gasteiger partial charge is 0.359 e. The van der Waals surface area contributed by atoms with Gasteiger partial charge in [-0.25, -0.2) is 9.38 Å². The maximum Gasteiger partial charge on any atom is 0.246 e. The molecule has 0 unspecified atom stereocenters. The number of nitrogens with zero attached hydrogens (tertiary/aromatic N) is 2. The summed E-state index contributed by atoms with van der Waals surface area (Å²) in [5.74, 6) is 0.706. The number of amides is 1. The molecular formula is C18H24FN5O2. The first-order valence-corrected chi connectivity index (χ1v) is 8.51. The van der Waals surface area contributed by atoms with Crippen LogP contribution in [0.25, 0.3) is 0 Å². The number of rotatable bonds is 7. The smallest absolute Gasteiger partial charge is 0.246 e. The predicted octanol–water partition coefficient (Wildman–Crippen LogP) is 2.63. The number of benzene rings is 1. The van der Waals surface area contributed by atoms with Gasteiger partial charge in [-0.15, -0.1) is 0 Å². The summed E-state index contributed by atoms with van der Waals surface area (Å²) in [6.07, 6.45) is 0. The molecule has 0 bridgehead atoms. The molecule has 1 aromatic carbocycles. The molecule has 7 nitrogen and oxygen atoms in total. The number of aromatic nitrogens is 1. The first-order chi connectivity index (χ1) is 12.5. The van der Waals surface area contributed by atoms with Crippen molar-refractivity contribution in [1.82, 2.24) is 15.8 Å². The number of hydrogen-bond donors (Lipinski definition) is 3. The van der Waals surface area contributed by atoms with Crippen molar-refractivity contribution in [2.24, 2.45) is 4.99 Å². The Balaban J connectivity index is 1.89. The van der Waals surface area contributed by atoms with Gasteiger partial charge in [-0.2, -0.15) is 0 Å². The molecule has 0 aliphatic heterocycles. The van der Waals surface area contributed by atoms with Gasteiger partial charge in [0, 0.05) is 18.3 Å². The van der Waals surface area contributed by atoms with E-state index >= 15 is 0 Å². The van der Waals surface area contributed by atoms with Crippen molar-refractivity contribution < 1.29 is 13.7 Å². The summed E-state index contributed by atoms with van der Waals surface area (Å²) in [7, 11) is 0. The first-order valence-electron chi connectivity index (χ1n) is 8.51. The van der Waals surface area contributed by atoms with Gasteiger partial charge in [0.1, 0.15) is 12.4 Å². The third-order valence-electron chi connectivity index (χ3n) is 3.43. The Bertz CT molecular complexity index is 758. The molecule has 0 aliphatic rings. The average molecular weight is 361 g/mol. The molecule has 0 saturated carbocycles. The highest BCUT2D eigenvalue weighted by Gasteiger charge is 2.09. The fourth-order valence-electron chi connectivity index (χ4n) is 2.11. The highest BCUT2D eigenvalue weighted by atomic mass is 19.1. The van der Waals surface area contributed by atoms with Gasteiger partial charge in [-0.1, -0.05) is 25.1 Å². The van der Waals surface area contributed by atoms with E-state index in [9.17, 15) is 9.18 Å². The summed E-state index contributed by atoms with van der Waals surface area (Å²) in [5, 5.41) is 12.7. The molecule has 2 aromatic rings. The normalized spacial score (nSPS) is 11.5. The van der Waals surface area contributed by atoms with Crippen LogP contribution in [-0.2, 0) is 11.3 Å². The van der Waals surface area contributed by atoms with E-state index in [1.54, 1.807) is 6.07 Å². The number of anilines is 1. The van der Waals surface area contributed by atoms with Crippen LogP contribution < -0.4 is 16.0 Å². The Morgan fingerprint density at radius 2 is 2.12 bits per heavy atom. The molecule has 3 N–H and O–H groups in total. The number of carbonyl (C=O) groups is 1. The monoisotopic (exact) mass is 361 g/mol. The lowest BCUT2D eigenvalue weighted by molar-refractivity contribution is -0.114. The number of halogens is 1. The van der Waals surface area contributed by atoms with Gasteiger partial charge in [0.05, 0.1) is 12.2 Å². The molecule has 1 heterocycles. The minimum Gasteiger partial charge on any atom is -0.359 e. The van der Waals surface area contributed by atoms with Crippen LogP contribution in [0.1, 0.15) is 38.1 Å². The van der Waals surface area contributed by atoms with E-state index in [4.69, 9.17) is 4.52 Å². The number of hydrogen-bond acceptors (Lipinski definition) is 4. The fraction of sp³-hybridized carbons (Fsp3) is 0.389. The lowest BCUT2D eigenvalue weighted by atomic mass is 10.1. The first kappa shape index (κ1) is 19.4. The second kappa shape index (κ2) is 9.55. The van der Waals surface area contributed by atoms with Gasteiger partial charge in [0.2, 0.25) is 5.91 Å². The molecule has 8 heteroatoms. The zero-order chi connectivity index (χ0) is 18.9. The molecule has 0 saturated heterocycles. The lowest BCUT2D eigenvalue weighted by Gasteiger charge is -2.10. The summed E-state index contributed by atoms with van der Waals surface area (Å²) < 4.78 is 18.4. The maximum atomic E-state index is 13.1. The molecule has 140 valence electrons. The van der Waals surface area contributed by atoms with E-state index in [2.05, 4.69) is 26.1 Å². The van der Waals surface area contributed by atoms with Crippen molar-refractivity contribution in [2.45, 2.75) is 33.2 Å². The van der Waals surface area contributed by atoms with Gasteiger partial charge in [0.15, 0.2) is 11.7 Å². The number of carbonyl (C=O) groups excluding carboxylic acids is 1. The van der Waals surface area contributed by atoms with Crippen LogP contribution in [0.3, 0.4) is 0 Å². The SMILES string of the molecule is CCNC(=NCC(=O)Nc1cccc(F)c1)NCc1cc(C(C)C)no1. The topological polar surface area (TPSA) is 91.5 Å². The second-order valence-electron chi connectivity index (χ2n) is 5.98. The molecule has 0 atom stereocenters. The number of aliphatic imine (C=N–C) groups is 1. The maximum absolute atomic E-state index is 13.1. The summed E-state index contributed by atoms with van der Waals surface area (Å²) in [6, 6.07) is 7.60. The van der Waals surface area contributed by atoms with Crippen molar-refractivity contribution in [2.75, 3.05) is 18.4 Å². The fourth-order valence-corrected chi connectivity index (χ4v) is 2.11. The van der Waals surface area contributed by atoms with Crippen molar-refractivity contribution >= 4 is 17.6 Å².